The number of Topliss-reactive ketones (excluding diaryl/α,β-unsaturated/α-hetero) is 1. The first-order valence-corrected chi connectivity index (χ1v) is 6.63. The summed E-state index contributed by atoms with van der Waals surface area (Å²) in [5.74, 6) is 0.356. The van der Waals surface area contributed by atoms with Gasteiger partial charge in [0.05, 0.1) is 6.57 Å². The molecular weight excluding hydrogens is 238 g/mol. The highest BCUT2D eigenvalue weighted by Crippen LogP contribution is 2.62. The zero-order valence-electron chi connectivity index (χ0n) is 10.4. The molecule has 0 radical (unpaired) electrons. The summed E-state index contributed by atoms with van der Waals surface area (Å²) >= 11 is 0. The van der Waals surface area contributed by atoms with Gasteiger partial charge >= 0.3 is 0 Å². The number of phenolic OH excluding ortho intramolecular Hbond substituents is 1. The molecule has 2 atom stereocenters. The van der Waals surface area contributed by atoms with Gasteiger partial charge in [-0.05, 0) is 59.9 Å². The molecule has 19 heavy (non-hydrogen) atoms. The van der Waals surface area contributed by atoms with Crippen molar-refractivity contribution in [2.24, 2.45) is 11.3 Å². The number of carbonyl (C=O) groups is 1. The minimum atomic E-state index is -0.00537. The van der Waals surface area contributed by atoms with Gasteiger partial charge in [0, 0.05) is 5.92 Å². The summed E-state index contributed by atoms with van der Waals surface area (Å²) in [6.45, 7) is 7.36. The fourth-order valence-corrected chi connectivity index (χ4v) is 4.25. The molecule has 0 saturated heterocycles. The first-order valence-electron chi connectivity index (χ1n) is 6.63. The van der Waals surface area contributed by atoms with Gasteiger partial charge in [0.1, 0.15) is 5.75 Å². The molecule has 3 aliphatic carbocycles. The Bertz CT molecular complexity index is 695. The van der Waals surface area contributed by atoms with Crippen LogP contribution in [0.4, 0.5) is 0 Å². The van der Waals surface area contributed by atoms with E-state index in [1.807, 2.05) is 6.07 Å². The number of hydrogen-bond acceptors (Lipinski definition) is 2. The molecule has 94 valence electrons. The Hall–Kier alpha value is -2.08. The van der Waals surface area contributed by atoms with E-state index in [2.05, 4.69) is 4.85 Å². The molecular formula is C16H13NO2. The van der Waals surface area contributed by atoms with Gasteiger partial charge in [-0.15, -0.1) is 0 Å². The number of aromatic hydroxyl groups is 1. The van der Waals surface area contributed by atoms with E-state index in [1.54, 1.807) is 12.1 Å². The molecule has 0 heterocycles. The largest absolute Gasteiger partial charge is 0.508 e. The average Bonchev–Trinajstić information content (AvgIpc) is 2.91. The summed E-state index contributed by atoms with van der Waals surface area (Å²) in [4.78, 5) is 15.9. The van der Waals surface area contributed by atoms with Crippen LogP contribution in [0, 0.1) is 17.9 Å². The van der Waals surface area contributed by atoms with E-state index in [9.17, 15) is 9.90 Å². The van der Waals surface area contributed by atoms with E-state index >= 15 is 0 Å². The lowest BCUT2D eigenvalue weighted by Crippen LogP contribution is -2.26. The van der Waals surface area contributed by atoms with E-state index in [0.717, 1.165) is 42.4 Å². The van der Waals surface area contributed by atoms with Crippen LogP contribution in [0.25, 0.3) is 10.4 Å². The van der Waals surface area contributed by atoms with Crippen molar-refractivity contribution in [1.29, 1.82) is 0 Å². The second kappa shape index (κ2) is 3.27. The molecule has 0 aliphatic heterocycles. The molecule has 1 aromatic carbocycles. The van der Waals surface area contributed by atoms with Crippen LogP contribution in [0.15, 0.2) is 23.9 Å². The minimum Gasteiger partial charge on any atom is -0.508 e. The van der Waals surface area contributed by atoms with E-state index in [-0.39, 0.29) is 22.9 Å². The Kier molecular flexibility index (Phi) is 1.86. The lowest BCUT2D eigenvalue weighted by molar-refractivity contribution is -0.119. The van der Waals surface area contributed by atoms with Gasteiger partial charge in [0.25, 0.3) is 0 Å². The van der Waals surface area contributed by atoms with Gasteiger partial charge < -0.3 is 9.90 Å². The Labute approximate surface area is 111 Å². The van der Waals surface area contributed by atoms with Crippen molar-refractivity contribution in [3.05, 3.63) is 46.4 Å². The highest BCUT2D eigenvalue weighted by atomic mass is 16.3. The highest BCUT2D eigenvalue weighted by Gasteiger charge is 2.54. The topological polar surface area (TPSA) is 41.7 Å². The lowest BCUT2D eigenvalue weighted by Gasteiger charge is -2.30. The van der Waals surface area contributed by atoms with Crippen LogP contribution in [-0.4, -0.2) is 10.9 Å². The fourth-order valence-electron chi connectivity index (χ4n) is 4.25. The third-order valence-electron chi connectivity index (χ3n) is 4.98. The van der Waals surface area contributed by atoms with Gasteiger partial charge in [-0.25, -0.2) is 4.85 Å². The number of allylic oxidation sites excluding steroid dienone is 2. The Morgan fingerprint density at radius 2 is 2.26 bits per heavy atom. The summed E-state index contributed by atoms with van der Waals surface area (Å²) in [6.07, 6.45) is 3.65. The molecule has 0 amide bonds. The van der Waals surface area contributed by atoms with Crippen molar-refractivity contribution in [2.75, 3.05) is 0 Å². The molecule has 0 aromatic heterocycles. The third-order valence-corrected chi connectivity index (χ3v) is 4.98. The molecule has 2 bridgehead atoms. The van der Waals surface area contributed by atoms with E-state index in [1.165, 1.54) is 0 Å². The van der Waals surface area contributed by atoms with Crippen molar-refractivity contribution in [3.63, 3.8) is 0 Å². The van der Waals surface area contributed by atoms with Crippen LogP contribution in [0.3, 0.4) is 0 Å². The summed E-state index contributed by atoms with van der Waals surface area (Å²) in [7, 11) is 0. The number of carbonyl (C=O) groups excluding carboxylic acids is 1. The van der Waals surface area contributed by atoms with Gasteiger partial charge in [-0.2, -0.15) is 0 Å². The quantitative estimate of drug-likeness (QED) is 0.720. The summed E-state index contributed by atoms with van der Waals surface area (Å²) in [5.41, 5.74) is 3.42. The number of ketones is 1. The van der Waals surface area contributed by atoms with Crippen LogP contribution in [0.2, 0.25) is 0 Å². The molecule has 3 heteroatoms. The Morgan fingerprint density at radius 1 is 1.42 bits per heavy atom. The first kappa shape index (κ1) is 10.8. The zero-order valence-corrected chi connectivity index (χ0v) is 10.4. The third kappa shape index (κ3) is 1.19. The van der Waals surface area contributed by atoms with Crippen molar-refractivity contribution in [3.8, 4) is 5.75 Å². The summed E-state index contributed by atoms with van der Waals surface area (Å²) in [6, 6.07) is 5.30. The maximum atomic E-state index is 12.3. The van der Waals surface area contributed by atoms with Crippen LogP contribution in [0.1, 0.15) is 30.4 Å². The Morgan fingerprint density at radius 3 is 3.05 bits per heavy atom. The zero-order chi connectivity index (χ0) is 13.2. The molecule has 1 fully saturated rings. The summed E-state index contributed by atoms with van der Waals surface area (Å²) in [5, 5.41) is 9.63. The van der Waals surface area contributed by atoms with Gasteiger partial charge in [0.15, 0.2) is 5.78 Å². The first-order chi connectivity index (χ1) is 9.14. The van der Waals surface area contributed by atoms with Crippen LogP contribution in [0.5, 0.6) is 5.75 Å². The standard InChI is InChI=1S/C16H13NO2/c1-17-14-13-12-3-2-11(18)6-10(12)8-16(13)5-4-9(7-16)15(14)19/h2-3,6,9,18H,4-5,7-8H2/t9-,16+/m1/s1. The number of hydrogen-bond donors (Lipinski definition) is 1. The number of benzene rings is 1. The molecule has 1 aromatic rings. The van der Waals surface area contributed by atoms with Crippen molar-refractivity contribution < 1.29 is 9.90 Å². The van der Waals surface area contributed by atoms with Crippen molar-refractivity contribution in [1.82, 2.24) is 0 Å². The lowest BCUT2D eigenvalue weighted by atomic mass is 9.73. The molecule has 4 rings (SSSR count). The molecule has 3 aliphatic rings. The van der Waals surface area contributed by atoms with Crippen LogP contribution < -0.4 is 0 Å². The molecule has 3 nitrogen and oxygen atoms in total. The van der Waals surface area contributed by atoms with Crippen LogP contribution in [-0.2, 0) is 11.2 Å². The molecule has 1 N–H and O–H groups in total. The average molecular weight is 251 g/mol. The number of nitrogens with zero attached hydrogens (tertiary/aromatic N) is 1. The van der Waals surface area contributed by atoms with Gasteiger partial charge in [-0.3, -0.25) is 0 Å². The number of fused-ring (bicyclic) bond motifs is 3. The monoisotopic (exact) mass is 251 g/mol. The van der Waals surface area contributed by atoms with E-state index < -0.39 is 0 Å². The predicted octanol–water partition coefficient (Wildman–Crippen LogP) is 2.95. The second-order valence-corrected chi connectivity index (χ2v) is 5.94. The maximum Gasteiger partial charge on any atom is 0.233 e. The molecule has 0 unspecified atom stereocenters. The molecule has 1 saturated carbocycles. The van der Waals surface area contributed by atoms with Crippen molar-refractivity contribution >= 4 is 11.4 Å². The SMILES string of the molecule is [C-]#[N+]C1=C2c3ccc(O)cc3C[C@@]23CC[C@H](C3)C1=O. The second-order valence-electron chi connectivity index (χ2n) is 5.94. The maximum absolute atomic E-state index is 12.3. The number of phenols is 1. The smallest absolute Gasteiger partial charge is 0.233 e. The predicted molar refractivity (Wildman–Crippen MR) is 70.1 cm³/mol. The fraction of sp³-hybridized carbons (Fsp3) is 0.375. The number of rotatable bonds is 0. The van der Waals surface area contributed by atoms with Crippen molar-refractivity contribution in [2.45, 2.75) is 25.7 Å². The minimum absolute atomic E-state index is 0.00537. The molecule has 1 spiro atoms. The summed E-state index contributed by atoms with van der Waals surface area (Å²) < 4.78 is 0. The van der Waals surface area contributed by atoms with Gasteiger partial charge in [0.2, 0.25) is 5.70 Å². The van der Waals surface area contributed by atoms with E-state index in [0.29, 0.717) is 5.70 Å². The highest BCUT2D eigenvalue weighted by molar-refractivity contribution is 6.10. The van der Waals surface area contributed by atoms with E-state index in [4.69, 9.17) is 6.57 Å². The Balaban J connectivity index is 2.04. The normalized spacial score (nSPS) is 31.1. The van der Waals surface area contributed by atoms with Gasteiger partial charge in [-0.1, -0.05) is 6.07 Å². The van der Waals surface area contributed by atoms with Crippen LogP contribution >= 0.6 is 0 Å².